The molecule has 4 rings (SSSR count). The molecule has 0 aliphatic heterocycles. The molecule has 1 fully saturated rings. The van der Waals surface area contributed by atoms with E-state index in [1.165, 1.54) is 6.26 Å². The number of H-pyrrole nitrogens is 1. The SMILES string of the molecule is CC(N)[C@H]1CC[C@H](C(=O)Nc2ccnc3[nH]c(-c4ncco4)cc23)CC1. The van der Waals surface area contributed by atoms with E-state index in [-0.39, 0.29) is 17.9 Å². The Morgan fingerprint density at radius 1 is 1.31 bits per heavy atom. The van der Waals surface area contributed by atoms with E-state index >= 15 is 0 Å². The molecule has 26 heavy (non-hydrogen) atoms. The second kappa shape index (κ2) is 6.92. The van der Waals surface area contributed by atoms with Crippen LogP contribution in [0.1, 0.15) is 32.6 Å². The predicted molar refractivity (Wildman–Crippen MR) is 99.3 cm³/mol. The van der Waals surface area contributed by atoms with E-state index in [1.807, 2.05) is 12.1 Å². The number of hydrogen-bond donors (Lipinski definition) is 3. The molecule has 0 bridgehead atoms. The van der Waals surface area contributed by atoms with Crippen LogP contribution in [-0.2, 0) is 4.79 Å². The van der Waals surface area contributed by atoms with Crippen LogP contribution in [0.2, 0.25) is 0 Å². The van der Waals surface area contributed by atoms with E-state index in [0.717, 1.165) is 42.5 Å². The van der Waals surface area contributed by atoms with Crippen molar-refractivity contribution < 1.29 is 9.21 Å². The highest BCUT2D eigenvalue weighted by Crippen LogP contribution is 2.32. The molecular weight excluding hydrogens is 330 g/mol. The Balaban J connectivity index is 1.51. The Morgan fingerprint density at radius 3 is 2.81 bits per heavy atom. The number of fused-ring (bicyclic) bond motifs is 1. The molecule has 136 valence electrons. The second-order valence-electron chi connectivity index (χ2n) is 7.10. The van der Waals surface area contributed by atoms with Gasteiger partial charge in [0, 0.05) is 23.5 Å². The summed E-state index contributed by atoms with van der Waals surface area (Å²) in [6.07, 6.45) is 8.60. The number of nitrogens with two attached hydrogens (primary N) is 1. The molecule has 7 heteroatoms. The first-order chi connectivity index (χ1) is 12.6. The summed E-state index contributed by atoms with van der Waals surface area (Å²) >= 11 is 0. The normalized spacial score (nSPS) is 21.6. The van der Waals surface area contributed by atoms with Crippen LogP contribution in [0.4, 0.5) is 5.69 Å². The Kier molecular flexibility index (Phi) is 4.46. The van der Waals surface area contributed by atoms with Crippen LogP contribution >= 0.6 is 0 Å². The molecule has 1 aliphatic rings. The fourth-order valence-corrected chi connectivity index (χ4v) is 3.75. The summed E-state index contributed by atoms with van der Waals surface area (Å²) in [6, 6.07) is 3.92. The standard InChI is InChI=1S/C19H23N5O2/c1-11(20)12-2-4-13(5-3-12)18(25)24-15-6-7-21-17-14(15)10-16(23-17)19-22-8-9-26-19/h6-13H,2-5,20H2,1H3,(H2,21,23,24,25)/t11?,12-,13-. The number of rotatable bonds is 4. The van der Waals surface area contributed by atoms with Crippen molar-refractivity contribution in [3.63, 3.8) is 0 Å². The van der Waals surface area contributed by atoms with Crippen LogP contribution in [0, 0.1) is 11.8 Å². The fourth-order valence-electron chi connectivity index (χ4n) is 3.75. The number of oxazole rings is 1. The lowest BCUT2D eigenvalue weighted by atomic mass is 9.79. The van der Waals surface area contributed by atoms with E-state index in [1.54, 1.807) is 12.4 Å². The summed E-state index contributed by atoms with van der Waals surface area (Å²) in [5, 5.41) is 3.92. The van der Waals surface area contributed by atoms with Crippen molar-refractivity contribution in [2.24, 2.45) is 17.6 Å². The van der Waals surface area contributed by atoms with Crippen molar-refractivity contribution in [2.75, 3.05) is 5.32 Å². The number of amides is 1. The summed E-state index contributed by atoms with van der Waals surface area (Å²) < 4.78 is 5.33. The van der Waals surface area contributed by atoms with Gasteiger partial charge in [0.2, 0.25) is 11.8 Å². The molecule has 0 saturated heterocycles. The lowest BCUT2D eigenvalue weighted by Crippen LogP contribution is -2.33. The van der Waals surface area contributed by atoms with E-state index in [2.05, 4.69) is 27.2 Å². The molecule has 3 aromatic rings. The van der Waals surface area contributed by atoms with Crippen molar-refractivity contribution in [3.8, 4) is 11.6 Å². The quantitative estimate of drug-likeness (QED) is 0.666. The van der Waals surface area contributed by atoms with Gasteiger partial charge >= 0.3 is 0 Å². The number of aromatic amines is 1. The van der Waals surface area contributed by atoms with Crippen LogP contribution in [0.3, 0.4) is 0 Å². The topological polar surface area (TPSA) is 110 Å². The van der Waals surface area contributed by atoms with E-state index in [9.17, 15) is 4.79 Å². The van der Waals surface area contributed by atoms with Crippen molar-refractivity contribution in [2.45, 2.75) is 38.6 Å². The molecule has 0 spiro atoms. The first-order valence-electron chi connectivity index (χ1n) is 9.06. The number of carbonyl (C=O) groups excluding carboxylic acids is 1. The zero-order valence-corrected chi connectivity index (χ0v) is 14.7. The molecule has 1 unspecified atom stereocenters. The first-order valence-corrected chi connectivity index (χ1v) is 9.06. The Labute approximate surface area is 151 Å². The minimum absolute atomic E-state index is 0.0402. The third kappa shape index (κ3) is 3.22. The van der Waals surface area contributed by atoms with Crippen molar-refractivity contribution in [1.82, 2.24) is 15.0 Å². The summed E-state index contributed by atoms with van der Waals surface area (Å²) in [4.78, 5) is 24.4. The fraction of sp³-hybridized carbons (Fsp3) is 0.421. The average molecular weight is 353 g/mol. The number of nitrogens with one attached hydrogen (secondary N) is 2. The van der Waals surface area contributed by atoms with Gasteiger partial charge in [0.05, 0.1) is 11.9 Å². The second-order valence-corrected chi connectivity index (χ2v) is 7.10. The molecule has 4 N–H and O–H groups in total. The number of hydrogen-bond acceptors (Lipinski definition) is 5. The van der Waals surface area contributed by atoms with Gasteiger partial charge in [-0.2, -0.15) is 0 Å². The monoisotopic (exact) mass is 353 g/mol. The van der Waals surface area contributed by atoms with Gasteiger partial charge in [0.1, 0.15) is 17.6 Å². The van der Waals surface area contributed by atoms with E-state index in [0.29, 0.717) is 17.5 Å². The van der Waals surface area contributed by atoms with Gasteiger partial charge < -0.3 is 20.5 Å². The molecule has 3 aromatic heterocycles. The number of anilines is 1. The molecular formula is C19H23N5O2. The van der Waals surface area contributed by atoms with Crippen molar-refractivity contribution in [1.29, 1.82) is 0 Å². The van der Waals surface area contributed by atoms with Gasteiger partial charge in [0.25, 0.3) is 0 Å². The minimum atomic E-state index is 0.0402. The number of aromatic nitrogens is 3. The molecule has 1 amide bonds. The largest absolute Gasteiger partial charge is 0.443 e. The molecule has 0 radical (unpaired) electrons. The van der Waals surface area contributed by atoms with Gasteiger partial charge in [-0.25, -0.2) is 9.97 Å². The third-order valence-electron chi connectivity index (χ3n) is 5.34. The van der Waals surface area contributed by atoms with Crippen LogP contribution in [0.15, 0.2) is 35.2 Å². The van der Waals surface area contributed by atoms with Gasteiger partial charge in [-0.05, 0) is 50.7 Å². The maximum atomic E-state index is 12.7. The summed E-state index contributed by atoms with van der Waals surface area (Å²) in [5.41, 5.74) is 8.17. The van der Waals surface area contributed by atoms with E-state index in [4.69, 9.17) is 10.2 Å². The maximum Gasteiger partial charge on any atom is 0.242 e. The molecule has 1 aliphatic carbocycles. The number of nitrogens with zero attached hydrogens (tertiary/aromatic N) is 2. The van der Waals surface area contributed by atoms with Gasteiger partial charge in [0.15, 0.2) is 0 Å². The molecule has 0 aromatic carbocycles. The molecule has 1 saturated carbocycles. The molecule has 1 atom stereocenters. The number of pyridine rings is 1. The van der Waals surface area contributed by atoms with Crippen molar-refractivity contribution in [3.05, 3.63) is 30.8 Å². The predicted octanol–water partition coefficient (Wildman–Crippen LogP) is 3.31. The zero-order valence-electron chi connectivity index (χ0n) is 14.7. The van der Waals surface area contributed by atoms with Gasteiger partial charge in [-0.15, -0.1) is 0 Å². The highest BCUT2D eigenvalue weighted by Gasteiger charge is 2.28. The van der Waals surface area contributed by atoms with Crippen LogP contribution in [-0.4, -0.2) is 26.9 Å². The van der Waals surface area contributed by atoms with Crippen LogP contribution in [0.25, 0.3) is 22.6 Å². The van der Waals surface area contributed by atoms with Gasteiger partial charge in [-0.1, -0.05) is 0 Å². The van der Waals surface area contributed by atoms with Crippen LogP contribution < -0.4 is 11.1 Å². The van der Waals surface area contributed by atoms with Crippen LogP contribution in [0.5, 0.6) is 0 Å². The summed E-state index contributed by atoms with van der Waals surface area (Å²) in [7, 11) is 0. The highest BCUT2D eigenvalue weighted by atomic mass is 16.3. The van der Waals surface area contributed by atoms with Crippen molar-refractivity contribution >= 4 is 22.6 Å². The smallest absolute Gasteiger partial charge is 0.242 e. The molecule has 3 heterocycles. The lowest BCUT2D eigenvalue weighted by molar-refractivity contribution is -0.121. The molecule has 7 nitrogen and oxygen atoms in total. The first kappa shape index (κ1) is 16.8. The Hall–Kier alpha value is -2.67. The van der Waals surface area contributed by atoms with Gasteiger partial charge in [-0.3, -0.25) is 4.79 Å². The minimum Gasteiger partial charge on any atom is -0.443 e. The zero-order chi connectivity index (χ0) is 18.1. The highest BCUT2D eigenvalue weighted by molar-refractivity contribution is 6.02. The Bertz CT molecular complexity index is 892. The van der Waals surface area contributed by atoms with E-state index < -0.39 is 0 Å². The average Bonchev–Trinajstić information content (AvgIpc) is 3.31. The third-order valence-corrected chi connectivity index (χ3v) is 5.34. The maximum absolute atomic E-state index is 12.7. The number of carbonyl (C=O) groups is 1. The summed E-state index contributed by atoms with van der Waals surface area (Å²) in [5.74, 6) is 1.13. The lowest BCUT2D eigenvalue weighted by Gasteiger charge is -2.30. The summed E-state index contributed by atoms with van der Waals surface area (Å²) in [6.45, 7) is 2.05. The Morgan fingerprint density at radius 2 is 2.12 bits per heavy atom.